The minimum absolute atomic E-state index is 0.0213. The van der Waals surface area contributed by atoms with Crippen molar-refractivity contribution in [2.24, 2.45) is 22.9 Å². The maximum Gasteiger partial charge on any atom is 0.249 e. The predicted octanol–water partition coefficient (Wildman–Crippen LogP) is -7.18. The highest BCUT2D eigenvalue weighted by Gasteiger charge is 2.52. The van der Waals surface area contributed by atoms with Crippen molar-refractivity contribution < 1.29 is 59.5 Å². The summed E-state index contributed by atoms with van der Waals surface area (Å²) < 4.78 is 22.7. The van der Waals surface area contributed by atoms with E-state index in [0.29, 0.717) is 0 Å². The first-order chi connectivity index (χ1) is 18.9. The summed E-state index contributed by atoms with van der Waals surface area (Å²) in [5.41, 5.74) is 23.2. The van der Waals surface area contributed by atoms with Crippen LogP contribution in [0.3, 0.4) is 0 Å². The third kappa shape index (κ3) is 7.20. The minimum Gasteiger partial charge on any atom is -0.389 e. The Morgan fingerprint density at radius 2 is 1.48 bits per heavy atom. The summed E-state index contributed by atoms with van der Waals surface area (Å²) in [5, 5.41) is 75.5. The summed E-state index contributed by atoms with van der Waals surface area (Å²) in [7, 11) is 0. The number of rotatable bonds is 10. The zero-order valence-electron chi connectivity index (χ0n) is 21.6. The van der Waals surface area contributed by atoms with Gasteiger partial charge in [-0.25, -0.2) is 0 Å². The van der Waals surface area contributed by atoms with E-state index < -0.39 is 104 Å². The van der Waals surface area contributed by atoms with Crippen LogP contribution >= 0.6 is 11.6 Å². The van der Waals surface area contributed by atoms with Crippen molar-refractivity contribution in [3.63, 3.8) is 0 Å². The zero-order valence-corrected chi connectivity index (χ0v) is 22.4. The number of carbonyl (C=O) groups excluding carboxylic acids is 1. The molecular formula is C22H42ClN5O12. The van der Waals surface area contributed by atoms with Crippen LogP contribution in [0.5, 0.6) is 0 Å². The van der Waals surface area contributed by atoms with E-state index >= 15 is 0 Å². The highest BCUT2D eigenvalue weighted by Crippen LogP contribution is 2.32. The van der Waals surface area contributed by atoms with Gasteiger partial charge in [-0.3, -0.25) is 4.79 Å². The van der Waals surface area contributed by atoms with Crippen molar-refractivity contribution in [3.05, 3.63) is 0 Å². The van der Waals surface area contributed by atoms with E-state index in [-0.39, 0.29) is 31.8 Å². The quantitative estimate of drug-likeness (QED) is 0.103. The lowest BCUT2D eigenvalue weighted by molar-refractivity contribution is -0.330. The van der Waals surface area contributed by atoms with E-state index in [0.717, 1.165) is 0 Å². The maximum atomic E-state index is 12.6. The molecule has 16 N–H and O–H groups in total. The van der Waals surface area contributed by atoms with E-state index in [1.54, 1.807) is 0 Å². The SMILES string of the molecule is NCC[C@H](O)C(=O)N[C@@H]1C[C@H](N)[C@@H](O[C@H]2O[C@H](CN)[C@@H](O)[C@H](O)[C@H]2O)[C@H](O)[C@H]1O[C@H]1O[C@H](CCl)[C@@H](O)[C@H](N)[C@H]1O. The highest BCUT2D eigenvalue weighted by molar-refractivity contribution is 6.18. The second-order valence-electron chi connectivity index (χ2n) is 10.3. The Morgan fingerprint density at radius 3 is 2.08 bits per heavy atom. The van der Waals surface area contributed by atoms with Crippen molar-refractivity contribution in [1.29, 1.82) is 0 Å². The van der Waals surface area contributed by atoms with Crippen LogP contribution in [0.25, 0.3) is 0 Å². The number of nitrogens with one attached hydrogen (secondary N) is 1. The first-order valence-electron chi connectivity index (χ1n) is 13.0. The van der Waals surface area contributed by atoms with Gasteiger partial charge in [0, 0.05) is 12.6 Å². The van der Waals surface area contributed by atoms with Crippen molar-refractivity contribution in [1.82, 2.24) is 5.32 Å². The molecule has 1 aliphatic carbocycles. The van der Waals surface area contributed by atoms with E-state index in [1.807, 2.05) is 0 Å². The molecule has 1 amide bonds. The number of ether oxygens (including phenoxy) is 4. The van der Waals surface area contributed by atoms with Gasteiger partial charge in [0.1, 0.15) is 61.0 Å². The lowest BCUT2D eigenvalue weighted by Crippen LogP contribution is -2.69. The molecule has 0 radical (unpaired) electrons. The number of hydrogen-bond acceptors (Lipinski definition) is 16. The molecule has 0 bridgehead atoms. The van der Waals surface area contributed by atoms with Gasteiger partial charge in [0.05, 0.1) is 24.1 Å². The summed E-state index contributed by atoms with van der Waals surface area (Å²) in [6.45, 7) is -0.201. The van der Waals surface area contributed by atoms with Gasteiger partial charge in [0.15, 0.2) is 12.6 Å². The molecule has 0 aromatic rings. The van der Waals surface area contributed by atoms with Gasteiger partial charge < -0.3 is 82.9 Å². The summed E-state index contributed by atoms with van der Waals surface area (Å²) in [5.74, 6) is -1.03. The molecule has 0 unspecified atom stereocenters. The third-order valence-corrected chi connectivity index (χ3v) is 7.79. The fourth-order valence-electron chi connectivity index (χ4n) is 5.04. The standard InChI is InChI=1S/C22H42ClN5O12/c23-4-9-12(30)11(27)14(32)21(37-9)40-19-7(28-20(36)8(29)1-2-24)3-6(26)18(17(19)35)39-22-16(34)15(33)13(31)10(5-25)38-22/h6-19,21-22,29-35H,1-5,24-27H2,(H,28,36)/t6-,7+,8-,9+,10+,11-,12+,13+,14+,15-,16+,17-,18+,19-,21+,22+/m0/s1. The fourth-order valence-corrected chi connectivity index (χ4v) is 5.30. The number of alkyl halides is 1. The monoisotopic (exact) mass is 603 g/mol. The van der Waals surface area contributed by atoms with Gasteiger partial charge in [-0.05, 0) is 19.4 Å². The second-order valence-corrected chi connectivity index (χ2v) is 10.6. The van der Waals surface area contributed by atoms with Gasteiger partial charge in [-0.1, -0.05) is 0 Å². The Kier molecular flexibility index (Phi) is 12.3. The van der Waals surface area contributed by atoms with E-state index in [9.17, 15) is 40.5 Å². The van der Waals surface area contributed by atoms with Gasteiger partial charge >= 0.3 is 0 Å². The van der Waals surface area contributed by atoms with E-state index in [1.165, 1.54) is 0 Å². The van der Waals surface area contributed by atoms with Gasteiger partial charge in [-0.15, -0.1) is 11.6 Å². The molecule has 3 aliphatic rings. The number of hydrogen-bond donors (Lipinski definition) is 12. The van der Waals surface area contributed by atoms with Gasteiger partial charge in [0.2, 0.25) is 5.91 Å². The van der Waals surface area contributed by atoms with Crippen molar-refractivity contribution >= 4 is 17.5 Å². The highest BCUT2D eigenvalue weighted by atomic mass is 35.5. The predicted molar refractivity (Wildman–Crippen MR) is 135 cm³/mol. The number of aliphatic hydroxyl groups is 7. The van der Waals surface area contributed by atoms with Crippen LogP contribution in [-0.4, -0.2) is 158 Å². The van der Waals surface area contributed by atoms with Crippen LogP contribution in [0, 0.1) is 0 Å². The van der Waals surface area contributed by atoms with E-state index in [4.69, 9.17) is 53.5 Å². The molecule has 18 heteroatoms. The normalized spacial score (nSPS) is 47.0. The molecule has 3 fully saturated rings. The molecule has 17 nitrogen and oxygen atoms in total. The fraction of sp³-hybridized carbons (Fsp3) is 0.955. The first-order valence-corrected chi connectivity index (χ1v) is 13.6. The number of nitrogens with two attached hydrogens (primary N) is 4. The zero-order chi connectivity index (χ0) is 29.9. The molecule has 3 rings (SSSR count). The van der Waals surface area contributed by atoms with Crippen molar-refractivity contribution in [2.75, 3.05) is 19.0 Å². The first kappa shape index (κ1) is 33.7. The molecule has 2 saturated heterocycles. The minimum atomic E-state index is -1.74. The molecule has 0 aromatic heterocycles. The molecule has 234 valence electrons. The van der Waals surface area contributed by atoms with Crippen molar-refractivity contribution in [2.45, 2.75) is 111 Å². The van der Waals surface area contributed by atoms with Crippen molar-refractivity contribution in [3.8, 4) is 0 Å². The summed E-state index contributed by atoms with van der Waals surface area (Å²) >= 11 is 5.85. The molecule has 1 saturated carbocycles. The molecule has 0 aromatic carbocycles. The number of carbonyl (C=O) groups is 1. The molecule has 2 heterocycles. The largest absolute Gasteiger partial charge is 0.389 e. The van der Waals surface area contributed by atoms with Crippen LogP contribution in [-0.2, 0) is 23.7 Å². The lowest BCUT2D eigenvalue weighted by atomic mass is 9.83. The number of aliphatic hydroxyl groups excluding tert-OH is 7. The Morgan fingerprint density at radius 1 is 0.875 bits per heavy atom. The van der Waals surface area contributed by atoms with Crippen LogP contribution in [0.1, 0.15) is 12.8 Å². The summed E-state index contributed by atoms with van der Waals surface area (Å²) in [6, 6.07) is -3.33. The summed E-state index contributed by atoms with van der Waals surface area (Å²) in [4.78, 5) is 12.6. The van der Waals surface area contributed by atoms with Crippen LogP contribution in [0.2, 0.25) is 0 Å². The average Bonchev–Trinajstić information content (AvgIpc) is 2.92. The Hall–Kier alpha value is -0.840. The smallest absolute Gasteiger partial charge is 0.249 e. The maximum absolute atomic E-state index is 12.6. The van der Waals surface area contributed by atoms with Crippen LogP contribution in [0.15, 0.2) is 0 Å². The lowest BCUT2D eigenvalue weighted by Gasteiger charge is -2.49. The van der Waals surface area contributed by atoms with Gasteiger partial charge in [-0.2, -0.15) is 0 Å². The topological polar surface area (TPSA) is 312 Å². The molecule has 40 heavy (non-hydrogen) atoms. The molecule has 0 spiro atoms. The van der Waals surface area contributed by atoms with Gasteiger partial charge in [0.25, 0.3) is 0 Å². The Bertz CT molecular complexity index is 820. The molecule has 16 atom stereocenters. The summed E-state index contributed by atoms with van der Waals surface area (Å²) in [6.07, 6.45) is -19.2. The second kappa shape index (κ2) is 14.6. The van der Waals surface area contributed by atoms with Crippen LogP contribution < -0.4 is 28.3 Å². The van der Waals surface area contributed by atoms with Crippen LogP contribution in [0.4, 0.5) is 0 Å². The van der Waals surface area contributed by atoms with E-state index in [2.05, 4.69) is 5.32 Å². The number of halogens is 1. The molecular weight excluding hydrogens is 562 g/mol. The number of amides is 1. The average molecular weight is 604 g/mol. The molecule has 2 aliphatic heterocycles. The Balaban J connectivity index is 1.85. The Labute approximate surface area is 235 Å². The third-order valence-electron chi connectivity index (χ3n) is 7.48.